The third-order valence-corrected chi connectivity index (χ3v) is 6.41. The highest BCUT2D eigenvalue weighted by Crippen LogP contribution is 2.24. The molecular formula is C25H29BrN2O2. The predicted octanol–water partition coefficient (Wildman–Crippen LogP) is 4.78. The number of piperazine rings is 1. The fourth-order valence-electron chi connectivity index (χ4n) is 3.94. The van der Waals surface area contributed by atoms with Crippen molar-refractivity contribution < 1.29 is 9.84 Å². The molecule has 1 N–H and O–H groups in total. The van der Waals surface area contributed by atoms with Crippen LogP contribution in [0.25, 0.3) is 10.8 Å². The number of halogens is 1. The third kappa shape index (κ3) is 5.15. The summed E-state index contributed by atoms with van der Waals surface area (Å²) in [7, 11) is 0. The molecule has 3 aromatic rings. The lowest BCUT2D eigenvalue weighted by molar-refractivity contribution is 0.0663. The maximum absolute atomic E-state index is 10.5. The van der Waals surface area contributed by atoms with Crippen LogP contribution in [0, 0.1) is 13.8 Å². The second kappa shape index (κ2) is 9.38. The quantitative estimate of drug-likeness (QED) is 0.564. The van der Waals surface area contributed by atoms with E-state index < -0.39 is 6.10 Å². The molecule has 0 amide bonds. The van der Waals surface area contributed by atoms with Crippen LogP contribution in [-0.4, -0.2) is 55.4 Å². The van der Waals surface area contributed by atoms with Gasteiger partial charge < -0.3 is 14.7 Å². The van der Waals surface area contributed by atoms with Crippen molar-refractivity contribution in [2.45, 2.75) is 20.0 Å². The second-order valence-electron chi connectivity index (χ2n) is 8.17. The molecule has 3 aromatic carbocycles. The second-order valence-corrected chi connectivity index (χ2v) is 9.09. The van der Waals surface area contributed by atoms with Gasteiger partial charge in [0.25, 0.3) is 0 Å². The largest absolute Gasteiger partial charge is 0.491 e. The summed E-state index contributed by atoms with van der Waals surface area (Å²) in [6.45, 7) is 9.13. The molecule has 1 atom stereocenters. The average molecular weight is 469 g/mol. The monoisotopic (exact) mass is 468 g/mol. The van der Waals surface area contributed by atoms with Crippen LogP contribution in [0.15, 0.2) is 59.1 Å². The summed E-state index contributed by atoms with van der Waals surface area (Å²) in [5, 5.41) is 12.8. The molecule has 0 spiro atoms. The molecular weight excluding hydrogens is 440 g/mol. The molecule has 4 nitrogen and oxygen atoms in total. The molecule has 0 radical (unpaired) electrons. The minimum absolute atomic E-state index is 0.305. The zero-order valence-electron chi connectivity index (χ0n) is 17.6. The van der Waals surface area contributed by atoms with Crippen LogP contribution in [0.4, 0.5) is 5.69 Å². The summed E-state index contributed by atoms with van der Waals surface area (Å²) in [5.74, 6) is 0.795. The van der Waals surface area contributed by atoms with Crippen molar-refractivity contribution in [2.24, 2.45) is 0 Å². The van der Waals surface area contributed by atoms with Crippen LogP contribution in [0.5, 0.6) is 5.75 Å². The van der Waals surface area contributed by atoms with Gasteiger partial charge in [-0.25, -0.2) is 0 Å². The molecule has 1 saturated heterocycles. The van der Waals surface area contributed by atoms with Gasteiger partial charge in [0.05, 0.1) is 0 Å². The number of hydrogen-bond donors (Lipinski definition) is 1. The average Bonchev–Trinajstić information content (AvgIpc) is 2.75. The standard InChI is InChI=1S/C25H29BrN2O2/c1-18-3-7-23(13-19(18)2)28-11-9-27(10-12-28)16-24(29)17-30-25-8-5-20-14-22(26)6-4-21(20)15-25/h3-8,13-15,24,29H,9-12,16-17H2,1-2H3/t24-/m1/s1. The lowest BCUT2D eigenvalue weighted by Gasteiger charge is -2.37. The van der Waals surface area contributed by atoms with Crippen molar-refractivity contribution in [3.8, 4) is 5.75 Å². The van der Waals surface area contributed by atoms with Gasteiger partial charge in [-0.1, -0.05) is 34.1 Å². The van der Waals surface area contributed by atoms with E-state index >= 15 is 0 Å². The van der Waals surface area contributed by atoms with Crippen LogP contribution in [-0.2, 0) is 0 Å². The number of aryl methyl sites for hydroxylation is 2. The van der Waals surface area contributed by atoms with Gasteiger partial charge in [-0.3, -0.25) is 4.90 Å². The maximum Gasteiger partial charge on any atom is 0.120 e. The predicted molar refractivity (Wildman–Crippen MR) is 128 cm³/mol. The number of anilines is 1. The Labute approximate surface area is 187 Å². The first kappa shape index (κ1) is 21.2. The highest BCUT2D eigenvalue weighted by molar-refractivity contribution is 9.10. The topological polar surface area (TPSA) is 35.9 Å². The number of nitrogens with zero attached hydrogens (tertiary/aromatic N) is 2. The number of hydrogen-bond acceptors (Lipinski definition) is 4. The number of benzene rings is 3. The van der Waals surface area contributed by atoms with E-state index in [4.69, 9.17) is 4.74 Å². The van der Waals surface area contributed by atoms with E-state index in [-0.39, 0.29) is 0 Å². The molecule has 0 saturated carbocycles. The Morgan fingerprint density at radius 1 is 0.900 bits per heavy atom. The number of rotatable bonds is 6. The molecule has 0 aliphatic carbocycles. The first-order chi connectivity index (χ1) is 14.5. The van der Waals surface area contributed by atoms with Crippen LogP contribution >= 0.6 is 15.9 Å². The lowest BCUT2D eigenvalue weighted by Crippen LogP contribution is -2.49. The van der Waals surface area contributed by atoms with Crippen LogP contribution in [0.2, 0.25) is 0 Å². The van der Waals surface area contributed by atoms with E-state index in [0.717, 1.165) is 41.8 Å². The Morgan fingerprint density at radius 3 is 2.40 bits per heavy atom. The summed E-state index contributed by atoms with van der Waals surface area (Å²) in [4.78, 5) is 4.75. The van der Waals surface area contributed by atoms with Crippen LogP contribution in [0.1, 0.15) is 11.1 Å². The highest BCUT2D eigenvalue weighted by Gasteiger charge is 2.20. The molecule has 1 fully saturated rings. The smallest absolute Gasteiger partial charge is 0.120 e. The Hall–Kier alpha value is -2.08. The van der Waals surface area contributed by atoms with Crippen molar-refractivity contribution in [3.63, 3.8) is 0 Å². The summed E-state index contributed by atoms with van der Waals surface area (Å²) >= 11 is 3.50. The van der Waals surface area contributed by atoms with Gasteiger partial charge in [-0.2, -0.15) is 0 Å². The van der Waals surface area contributed by atoms with E-state index in [9.17, 15) is 5.11 Å². The lowest BCUT2D eigenvalue weighted by atomic mass is 10.1. The summed E-state index contributed by atoms with van der Waals surface area (Å²) in [6, 6.07) is 18.9. The Morgan fingerprint density at radius 2 is 1.63 bits per heavy atom. The van der Waals surface area contributed by atoms with Gasteiger partial charge in [0, 0.05) is 42.9 Å². The highest BCUT2D eigenvalue weighted by atomic mass is 79.9. The first-order valence-electron chi connectivity index (χ1n) is 10.5. The van der Waals surface area contributed by atoms with E-state index in [0.29, 0.717) is 13.2 Å². The fraction of sp³-hybridized carbons (Fsp3) is 0.360. The Balaban J connectivity index is 1.25. The molecule has 0 aromatic heterocycles. The van der Waals surface area contributed by atoms with E-state index in [2.05, 4.69) is 69.9 Å². The third-order valence-electron chi connectivity index (χ3n) is 5.91. The number of β-amino-alcohol motifs (C(OH)–C–C–N with tert-alkyl or cyclic N) is 1. The molecule has 5 heteroatoms. The van der Waals surface area contributed by atoms with E-state index in [1.165, 1.54) is 22.2 Å². The number of aliphatic hydroxyl groups is 1. The molecule has 0 bridgehead atoms. The van der Waals surface area contributed by atoms with Gasteiger partial charge in [-0.05, 0) is 72.1 Å². The van der Waals surface area contributed by atoms with Gasteiger partial charge in [0.15, 0.2) is 0 Å². The van der Waals surface area contributed by atoms with Crippen molar-refractivity contribution in [1.82, 2.24) is 4.90 Å². The summed E-state index contributed by atoms with van der Waals surface area (Å²) in [5.41, 5.74) is 3.97. The summed E-state index contributed by atoms with van der Waals surface area (Å²) in [6.07, 6.45) is -0.501. The van der Waals surface area contributed by atoms with Crippen molar-refractivity contribution >= 4 is 32.4 Å². The minimum atomic E-state index is -0.501. The van der Waals surface area contributed by atoms with Gasteiger partial charge in [-0.15, -0.1) is 0 Å². The van der Waals surface area contributed by atoms with Crippen molar-refractivity contribution in [3.05, 3.63) is 70.2 Å². The van der Waals surface area contributed by atoms with Crippen molar-refractivity contribution in [2.75, 3.05) is 44.2 Å². The number of aliphatic hydroxyl groups excluding tert-OH is 1. The van der Waals surface area contributed by atoms with Crippen molar-refractivity contribution in [1.29, 1.82) is 0 Å². The molecule has 1 aliphatic heterocycles. The van der Waals surface area contributed by atoms with Crippen LogP contribution in [0.3, 0.4) is 0 Å². The van der Waals surface area contributed by atoms with E-state index in [1.54, 1.807) is 0 Å². The Kier molecular flexibility index (Phi) is 6.61. The van der Waals surface area contributed by atoms with E-state index in [1.807, 2.05) is 24.3 Å². The molecule has 4 rings (SSSR count). The van der Waals surface area contributed by atoms with Gasteiger partial charge in [0.1, 0.15) is 18.5 Å². The van der Waals surface area contributed by atoms with Gasteiger partial charge >= 0.3 is 0 Å². The molecule has 1 aliphatic rings. The SMILES string of the molecule is Cc1ccc(N2CCN(C[C@@H](O)COc3ccc4cc(Br)ccc4c3)CC2)cc1C. The number of ether oxygens (including phenoxy) is 1. The minimum Gasteiger partial charge on any atom is -0.491 e. The Bertz CT molecular complexity index is 1020. The number of fused-ring (bicyclic) bond motifs is 1. The summed E-state index contributed by atoms with van der Waals surface area (Å²) < 4.78 is 6.93. The van der Waals surface area contributed by atoms with Crippen LogP contribution < -0.4 is 9.64 Å². The zero-order valence-corrected chi connectivity index (χ0v) is 19.2. The van der Waals surface area contributed by atoms with Gasteiger partial charge in [0.2, 0.25) is 0 Å². The molecule has 30 heavy (non-hydrogen) atoms. The molecule has 158 valence electrons. The first-order valence-corrected chi connectivity index (χ1v) is 11.3. The maximum atomic E-state index is 10.5. The molecule has 1 heterocycles. The fourth-order valence-corrected chi connectivity index (χ4v) is 4.32. The zero-order chi connectivity index (χ0) is 21.1. The molecule has 0 unspecified atom stereocenters. The normalized spacial score (nSPS) is 16.1.